The van der Waals surface area contributed by atoms with Gasteiger partial charge in [0.05, 0.1) is 0 Å². The Labute approximate surface area is 95.2 Å². The van der Waals surface area contributed by atoms with Gasteiger partial charge in [0, 0.05) is 12.6 Å². The van der Waals surface area contributed by atoms with E-state index in [1.54, 1.807) is 0 Å². The van der Waals surface area contributed by atoms with Gasteiger partial charge >= 0.3 is 0 Å². The van der Waals surface area contributed by atoms with E-state index in [0.29, 0.717) is 6.04 Å². The maximum absolute atomic E-state index is 12.2. The van der Waals surface area contributed by atoms with Gasteiger partial charge in [-0.1, -0.05) is 30.3 Å². The van der Waals surface area contributed by atoms with E-state index in [1.807, 2.05) is 35.2 Å². The Morgan fingerprint density at radius 3 is 2.69 bits per heavy atom. The van der Waals surface area contributed by atoms with Crippen LogP contribution >= 0.6 is 0 Å². The monoisotopic (exact) mass is 216 g/mol. The van der Waals surface area contributed by atoms with Crippen LogP contribution in [0.2, 0.25) is 0 Å². The van der Waals surface area contributed by atoms with Gasteiger partial charge < -0.3 is 10.6 Å². The van der Waals surface area contributed by atoms with Gasteiger partial charge in [0.25, 0.3) is 0 Å². The first kappa shape index (κ1) is 9.85. The number of likely N-dealkylation sites (tertiary alicyclic amines) is 1. The number of hydrogen-bond donors (Lipinski definition) is 1. The molecule has 3 atom stereocenters. The van der Waals surface area contributed by atoms with E-state index in [4.69, 9.17) is 5.73 Å². The van der Waals surface area contributed by atoms with Crippen LogP contribution in [0.4, 0.5) is 0 Å². The molecule has 3 unspecified atom stereocenters. The number of benzene rings is 1. The summed E-state index contributed by atoms with van der Waals surface area (Å²) in [4.78, 5) is 14.2. The van der Waals surface area contributed by atoms with Gasteiger partial charge in [0.2, 0.25) is 5.91 Å². The lowest BCUT2D eigenvalue weighted by atomic mass is 10.1. The Balaban J connectivity index is 1.75. The van der Waals surface area contributed by atoms with Crippen LogP contribution in [0.15, 0.2) is 30.3 Å². The molecule has 1 heterocycles. The Morgan fingerprint density at radius 2 is 2.12 bits per heavy atom. The van der Waals surface area contributed by atoms with Crippen molar-refractivity contribution < 1.29 is 4.79 Å². The van der Waals surface area contributed by atoms with Crippen LogP contribution in [0.3, 0.4) is 0 Å². The fraction of sp³-hybridized carbons (Fsp3) is 0.462. The quantitative estimate of drug-likeness (QED) is 0.810. The summed E-state index contributed by atoms with van der Waals surface area (Å²) in [5.74, 6) is 0.864. The molecular weight excluding hydrogens is 200 g/mol. The van der Waals surface area contributed by atoms with Crippen LogP contribution in [-0.2, 0) is 4.79 Å². The molecule has 3 nitrogen and oxygen atoms in total. The molecule has 0 aromatic heterocycles. The fourth-order valence-corrected chi connectivity index (χ4v) is 2.65. The van der Waals surface area contributed by atoms with Crippen LogP contribution in [-0.4, -0.2) is 23.4 Å². The number of fused-ring (bicyclic) bond motifs is 1. The Bertz CT molecular complexity index is 404. The molecule has 3 heteroatoms. The van der Waals surface area contributed by atoms with Gasteiger partial charge in [-0.15, -0.1) is 0 Å². The third-order valence-electron chi connectivity index (χ3n) is 3.73. The highest BCUT2D eigenvalue weighted by Gasteiger charge is 2.49. The van der Waals surface area contributed by atoms with Gasteiger partial charge in [0.1, 0.15) is 6.04 Å². The maximum Gasteiger partial charge on any atom is 0.244 e. The summed E-state index contributed by atoms with van der Waals surface area (Å²) >= 11 is 0. The third kappa shape index (κ3) is 1.52. The smallest absolute Gasteiger partial charge is 0.244 e. The Morgan fingerprint density at radius 1 is 1.38 bits per heavy atom. The second-order valence-electron chi connectivity index (χ2n) is 4.77. The number of nitrogens with zero attached hydrogens (tertiary/aromatic N) is 1. The van der Waals surface area contributed by atoms with Crippen LogP contribution in [0.5, 0.6) is 0 Å². The van der Waals surface area contributed by atoms with Crippen molar-refractivity contribution in [3.05, 3.63) is 35.9 Å². The lowest BCUT2D eigenvalue weighted by Crippen LogP contribution is -2.38. The molecule has 0 radical (unpaired) electrons. The summed E-state index contributed by atoms with van der Waals surface area (Å²) < 4.78 is 0. The molecule has 3 rings (SSSR count). The molecule has 2 aliphatic rings. The predicted molar refractivity (Wildman–Crippen MR) is 61.6 cm³/mol. The number of carbonyl (C=O) groups excluding carboxylic acids is 1. The molecule has 16 heavy (non-hydrogen) atoms. The van der Waals surface area contributed by atoms with Gasteiger partial charge in [-0.2, -0.15) is 0 Å². The van der Waals surface area contributed by atoms with Crippen molar-refractivity contribution in [2.24, 2.45) is 11.7 Å². The van der Waals surface area contributed by atoms with Crippen molar-refractivity contribution in [1.82, 2.24) is 4.90 Å². The molecule has 84 valence electrons. The SMILES string of the molecule is NC(C(=O)N1CCC2CC21)c1ccccc1. The summed E-state index contributed by atoms with van der Waals surface area (Å²) in [6, 6.07) is 9.64. The number of amides is 1. The largest absolute Gasteiger partial charge is 0.338 e. The minimum absolute atomic E-state index is 0.0937. The normalized spacial score (nSPS) is 28.7. The number of carbonyl (C=O) groups is 1. The molecule has 1 amide bonds. The lowest BCUT2D eigenvalue weighted by Gasteiger charge is -2.22. The van der Waals surface area contributed by atoms with Crippen molar-refractivity contribution in [1.29, 1.82) is 0 Å². The fourth-order valence-electron chi connectivity index (χ4n) is 2.65. The average Bonchev–Trinajstić information content (AvgIpc) is 3.00. The highest BCUT2D eigenvalue weighted by Crippen LogP contribution is 2.45. The molecule has 2 N–H and O–H groups in total. The van der Waals surface area contributed by atoms with Gasteiger partial charge in [-0.3, -0.25) is 4.79 Å². The minimum atomic E-state index is -0.486. The van der Waals surface area contributed by atoms with Crippen LogP contribution < -0.4 is 5.73 Å². The molecule has 1 aliphatic carbocycles. The molecule has 1 saturated carbocycles. The zero-order valence-electron chi connectivity index (χ0n) is 9.17. The predicted octanol–water partition coefficient (Wildman–Crippen LogP) is 1.31. The molecule has 0 bridgehead atoms. The molecule has 1 aromatic carbocycles. The molecular formula is C13H16N2O. The average molecular weight is 216 g/mol. The van der Waals surface area contributed by atoms with Crippen LogP contribution in [0, 0.1) is 5.92 Å². The van der Waals surface area contributed by atoms with Gasteiger partial charge in [-0.25, -0.2) is 0 Å². The highest BCUT2D eigenvalue weighted by atomic mass is 16.2. The van der Waals surface area contributed by atoms with E-state index in [0.717, 1.165) is 24.4 Å². The standard InChI is InChI=1S/C13H16N2O/c14-12(9-4-2-1-3-5-9)13(16)15-7-6-10-8-11(10)15/h1-5,10-12H,6-8,14H2. The molecule has 1 aliphatic heterocycles. The van der Waals surface area contributed by atoms with E-state index >= 15 is 0 Å². The Kier molecular flexibility index (Phi) is 2.21. The van der Waals surface area contributed by atoms with E-state index in [9.17, 15) is 4.79 Å². The number of hydrogen-bond acceptors (Lipinski definition) is 2. The van der Waals surface area contributed by atoms with Gasteiger partial charge in [-0.05, 0) is 24.3 Å². The molecule has 2 fully saturated rings. The number of piperidine rings is 1. The summed E-state index contributed by atoms with van der Waals surface area (Å²) in [6.45, 7) is 0.898. The van der Waals surface area contributed by atoms with Crippen molar-refractivity contribution in [2.75, 3.05) is 6.54 Å². The zero-order chi connectivity index (χ0) is 11.1. The first-order valence-electron chi connectivity index (χ1n) is 5.88. The summed E-state index contributed by atoms with van der Waals surface area (Å²) in [5, 5.41) is 0. The summed E-state index contributed by atoms with van der Waals surface area (Å²) in [6.07, 6.45) is 2.35. The van der Waals surface area contributed by atoms with E-state index < -0.39 is 6.04 Å². The Hall–Kier alpha value is -1.35. The summed E-state index contributed by atoms with van der Waals surface area (Å²) in [7, 11) is 0. The summed E-state index contributed by atoms with van der Waals surface area (Å²) in [5.41, 5.74) is 6.92. The molecule has 1 aromatic rings. The van der Waals surface area contributed by atoms with Crippen molar-refractivity contribution in [2.45, 2.75) is 24.9 Å². The number of nitrogens with two attached hydrogens (primary N) is 1. The topological polar surface area (TPSA) is 46.3 Å². The van der Waals surface area contributed by atoms with Crippen LogP contribution in [0.25, 0.3) is 0 Å². The highest BCUT2D eigenvalue weighted by molar-refractivity contribution is 5.84. The second-order valence-corrected chi connectivity index (χ2v) is 4.77. The van der Waals surface area contributed by atoms with Crippen molar-refractivity contribution in [3.8, 4) is 0 Å². The maximum atomic E-state index is 12.2. The minimum Gasteiger partial charge on any atom is -0.338 e. The van der Waals surface area contributed by atoms with E-state index in [2.05, 4.69) is 0 Å². The number of rotatable bonds is 2. The second kappa shape index (κ2) is 3.59. The third-order valence-corrected chi connectivity index (χ3v) is 3.73. The van der Waals surface area contributed by atoms with Gasteiger partial charge in [0.15, 0.2) is 0 Å². The first-order chi connectivity index (χ1) is 7.77. The van der Waals surface area contributed by atoms with Crippen molar-refractivity contribution in [3.63, 3.8) is 0 Å². The lowest BCUT2D eigenvalue weighted by molar-refractivity contribution is -0.132. The van der Waals surface area contributed by atoms with Crippen molar-refractivity contribution >= 4 is 5.91 Å². The van der Waals surface area contributed by atoms with E-state index in [1.165, 1.54) is 6.42 Å². The van der Waals surface area contributed by atoms with E-state index in [-0.39, 0.29) is 5.91 Å². The first-order valence-corrected chi connectivity index (χ1v) is 5.88. The molecule has 0 spiro atoms. The molecule has 1 saturated heterocycles. The van der Waals surface area contributed by atoms with Crippen LogP contribution in [0.1, 0.15) is 24.4 Å². The zero-order valence-corrected chi connectivity index (χ0v) is 9.17.